The summed E-state index contributed by atoms with van der Waals surface area (Å²) in [4.78, 5) is 6.23. The molecule has 0 spiro atoms. The molecular formula is C14H18N4OS. The fourth-order valence-corrected chi connectivity index (χ4v) is 3.55. The number of nitrogens with zero attached hydrogens (tertiary/aromatic N) is 3. The molecule has 0 saturated carbocycles. The highest BCUT2D eigenvalue weighted by Gasteiger charge is 2.31. The zero-order valence-corrected chi connectivity index (χ0v) is 12.2. The summed E-state index contributed by atoms with van der Waals surface area (Å²) in [5.41, 5.74) is 7.36. The first-order chi connectivity index (χ1) is 9.57. The fourth-order valence-electron chi connectivity index (χ4n) is 2.69. The summed E-state index contributed by atoms with van der Waals surface area (Å²) >= 11 is 1.40. The van der Waals surface area contributed by atoms with Crippen LogP contribution in [0.2, 0.25) is 0 Å². The van der Waals surface area contributed by atoms with Crippen LogP contribution in [0.4, 0.5) is 10.8 Å². The molecule has 1 aliphatic heterocycles. The summed E-state index contributed by atoms with van der Waals surface area (Å²) in [5, 5.41) is 11.3. The number of β-amino-alcohol motifs (C(OH)–C–C–N with tert-alkyl or cyclic N) is 1. The molecule has 3 N–H and O–H groups in total. The first-order valence-corrected chi connectivity index (χ1v) is 7.47. The number of piperidine rings is 1. The van der Waals surface area contributed by atoms with Crippen LogP contribution in [0.1, 0.15) is 19.8 Å². The van der Waals surface area contributed by atoms with Crippen LogP contribution in [-0.2, 0) is 0 Å². The van der Waals surface area contributed by atoms with E-state index in [1.54, 1.807) is 12.4 Å². The van der Waals surface area contributed by atoms with Gasteiger partial charge in [0.25, 0.3) is 0 Å². The molecule has 20 heavy (non-hydrogen) atoms. The SMILES string of the molecule is CC1(O)CCCN(c2snc(N)c2-c2ccncc2)C1. The van der Waals surface area contributed by atoms with Gasteiger partial charge in [-0.2, -0.15) is 4.37 Å². The lowest BCUT2D eigenvalue weighted by Gasteiger charge is -2.37. The second-order valence-corrected chi connectivity index (χ2v) is 6.26. The van der Waals surface area contributed by atoms with Crippen molar-refractivity contribution in [3.8, 4) is 11.1 Å². The summed E-state index contributed by atoms with van der Waals surface area (Å²) in [7, 11) is 0. The van der Waals surface area contributed by atoms with E-state index >= 15 is 0 Å². The van der Waals surface area contributed by atoms with Crippen LogP contribution < -0.4 is 10.6 Å². The van der Waals surface area contributed by atoms with Gasteiger partial charge in [-0.25, -0.2) is 0 Å². The minimum atomic E-state index is -0.646. The van der Waals surface area contributed by atoms with E-state index in [1.165, 1.54) is 11.5 Å². The molecule has 6 heteroatoms. The number of pyridine rings is 1. The Hall–Kier alpha value is -1.66. The third kappa shape index (κ3) is 2.48. The molecule has 0 radical (unpaired) electrons. The molecule has 1 fully saturated rings. The van der Waals surface area contributed by atoms with Crippen LogP contribution in [0.25, 0.3) is 11.1 Å². The van der Waals surface area contributed by atoms with E-state index in [4.69, 9.17) is 5.73 Å². The average molecular weight is 290 g/mol. The zero-order chi connectivity index (χ0) is 14.2. The Labute approximate surface area is 122 Å². The molecule has 0 aromatic carbocycles. The van der Waals surface area contributed by atoms with Crippen molar-refractivity contribution in [3.63, 3.8) is 0 Å². The van der Waals surface area contributed by atoms with Crippen LogP contribution in [0.5, 0.6) is 0 Å². The zero-order valence-electron chi connectivity index (χ0n) is 11.4. The summed E-state index contributed by atoms with van der Waals surface area (Å²) in [6, 6.07) is 3.87. The van der Waals surface area contributed by atoms with E-state index in [9.17, 15) is 5.11 Å². The quantitative estimate of drug-likeness (QED) is 0.886. The summed E-state index contributed by atoms with van der Waals surface area (Å²) in [6.07, 6.45) is 5.31. The lowest BCUT2D eigenvalue weighted by Crippen LogP contribution is -2.46. The number of hydrogen-bond acceptors (Lipinski definition) is 6. The molecule has 0 aliphatic carbocycles. The third-order valence-electron chi connectivity index (χ3n) is 3.63. The van der Waals surface area contributed by atoms with Gasteiger partial charge in [0.05, 0.1) is 11.2 Å². The summed E-state index contributed by atoms with van der Waals surface area (Å²) in [5.74, 6) is 0.543. The van der Waals surface area contributed by atoms with Gasteiger partial charge in [-0.05, 0) is 49.0 Å². The molecule has 0 amide bonds. The highest BCUT2D eigenvalue weighted by Crippen LogP contribution is 2.40. The Morgan fingerprint density at radius 2 is 2.15 bits per heavy atom. The van der Waals surface area contributed by atoms with Crippen molar-refractivity contribution < 1.29 is 5.11 Å². The van der Waals surface area contributed by atoms with Gasteiger partial charge < -0.3 is 15.7 Å². The molecule has 2 aromatic heterocycles. The van der Waals surface area contributed by atoms with Crippen molar-refractivity contribution >= 4 is 22.4 Å². The number of nitrogen functional groups attached to an aromatic ring is 1. The lowest BCUT2D eigenvalue weighted by molar-refractivity contribution is 0.0451. The second-order valence-electron chi connectivity index (χ2n) is 5.51. The molecule has 1 saturated heterocycles. The first-order valence-electron chi connectivity index (χ1n) is 6.70. The minimum absolute atomic E-state index is 0.543. The van der Waals surface area contributed by atoms with Crippen LogP contribution in [0.3, 0.4) is 0 Å². The Balaban J connectivity index is 1.99. The summed E-state index contributed by atoms with van der Waals surface area (Å²) < 4.78 is 4.29. The van der Waals surface area contributed by atoms with Gasteiger partial charge in [-0.3, -0.25) is 4.98 Å². The van der Waals surface area contributed by atoms with Crippen molar-refractivity contribution in [2.24, 2.45) is 0 Å². The van der Waals surface area contributed by atoms with Crippen LogP contribution in [0, 0.1) is 0 Å². The van der Waals surface area contributed by atoms with Gasteiger partial charge in [0, 0.05) is 25.5 Å². The molecule has 0 bridgehead atoms. The topological polar surface area (TPSA) is 75.3 Å². The number of aliphatic hydroxyl groups is 1. The Kier molecular flexibility index (Phi) is 3.35. The Morgan fingerprint density at radius 3 is 2.85 bits per heavy atom. The van der Waals surface area contributed by atoms with E-state index in [1.807, 2.05) is 19.1 Å². The van der Waals surface area contributed by atoms with Gasteiger partial charge in [-0.15, -0.1) is 0 Å². The maximum Gasteiger partial charge on any atom is 0.147 e. The average Bonchev–Trinajstić information content (AvgIpc) is 2.80. The molecule has 5 nitrogen and oxygen atoms in total. The monoisotopic (exact) mass is 290 g/mol. The number of rotatable bonds is 2. The Bertz CT molecular complexity index is 596. The lowest BCUT2D eigenvalue weighted by atomic mass is 9.95. The standard InChI is InChI=1S/C14H18N4OS/c1-14(19)5-2-8-18(9-14)13-11(12(15)17-20-13)10-3-6-16-7-4-10/h3-4,6-7,19H,2,5,8-9H2,1H3,(H2,15,17). The molecule has 2 aromatic rings. The van der Waals surface area contributed by atoms with E-state index < -0.39 is 5.60 Å². The number of hydrogen-bond donors (Lipinski definition) is 2. The molecular weight excluding hydrogens is 272 g/mol. The molecule has 3 rings (SSSR count). The molecule has 106 valence electrons. The van der Waals surface area contributed by atoms with Crippen LogP contribution in [-0.4, -0.2) is 33.2 Å². The van der Waals surface area contributed by atoms with Gasteiger partial charge >= 0.3 is 0 Å². The largest absolute Gasteiger partial charge is 0.388 e. The van der Waals surface area contributed by atoms with Crippen molar-refractivity contribution in [1.29, 1.82) is 0 Å². The summed E-state index contributed by atoms with van der Waals surface area (Å²) in [6.45, 7) is 3.43. The van der Waals surface area contributed by atoms with Crippen molar-refractivity contribution in [2.45, 2.75) is 25.4 Å². The van der Waals surface area contributed by atoms with E-state index in [-0.39, 0.29) is 0 Å². The maximum absolute atomic E-state index is 10.3. The van der Waals surface area contributed by atoms with Crippen molar-refractivity contribution in [3.05, 3.63) is 24.5 Å². The Morgan fingerprint density at radius 1 is 1.40 bits per heavy atom. The van der Waals surface area contributed by atoms with E-state index in [0.29, 0.717) is 12.4 Å². The van der Waals surface area contributed by atoms with Gasteiger partial charge in [0.15, 0.2) is 0 Å². The molecule has 3 heterocycles. The second kappa shape index (κ2) is 5.03. The fraction of sp³-hybridized carbons (Fsp3) is 0.429. The molecule has 1 unspecified atom stereocenters. The minimum Gasteiger partial charge on any atom is -0.388 e. The van der Waals surface area contributed by atoms with E-state index in [0.717, 1.165) is 35.5 Å². The first kappa shape index (κ1) is 13.3. The highest BCUT2D eigenvalue weighted by atomic mass is 32.1. The van der Waals surface area contributed by atoms with Gasteiger partial charge in [0.2, 0.25) is 0 Å². The number of aromatic nitrogens is 2. The predicted molar refractivity (Wildman–Crippen MR) is 81.8 cm³/mol. The smallest absolute Gasteiger partial charge is 0.147 e. The van der Waals surface area contributed by atoms with E-state index in [2.05, 4.69) is 14.3 Å². The maximum atomic E-state index is 10.3. The number of anilines is 2. The predicted octanol–water partition coefficient (Wildman–Crippen LogP) is 2.14. The highest BCUT2D eigenvalue weighted by molar-refractivity contribution is 7.11. The van der Waals surface area contributed by atoms with Crippen molar-refractivity contribution in [2.75, 3.05) is 23.7 Å². The normalized spacial score (nSPS) is 23.0. The molecule has 1 aliphatic rings. The van der Waals surface area contributed by atoms with Crippen LogP contribution >= 0.6 is 11.5 Å². The third-order valence-corrected chi connectivity index (χ3v) is 4.55. The molecule has 1 atom stereocenters. The van der Waals surface area contributed by atoms with Gasteiger partial charge in [0.1, 0.15) is 10.8 Å². The number of nitrogens with two attached hydrogens (primary N) is 1. The van der Waals surface area contributed by atoms with Gasteiger partial charge in [-0.1, -0.05) is 0 Å². The van der Waals surface area contributed by atoms with Crippen molar-refractivity contribution in [1.82, 2.24) is 9.36 Å². The van der Waals surface area contributed by atoms with Crippen LogP contribution in [0.15, 0.2) is 24.5 Å².